The SMILES string of the molecule is CCN(Cc1cccc(F)c1)C(=O)CN1CCC(N(CC)CC(=O)O)CC1.Cl. The van der Waals surface area contributed by atoms with Crippen LogP contribution in [0.2, 0.25) is 0 Å². The molecule has 1 aliphatic heterocycles. The van der Waals surface area contributed by atoms with E-state index in [-0.39, 0.29) is 36.7 Å². The quantitative estimate of drug-likeness (QED) is 0.671. The maximum absolute atomic E-state index is 13.4. The average molecular weight is 416 g/mol. The van der Waals surface area contributed by atoms with Gasteiger partial charge in [0.15, 0.2) is 0 Å². The Kier molecular flexibility index (Phi) is 10.4. The van der Waals surface area contributed by atoms with Crippen molar-refractivity contribution in [2.24, 2.45) is 0 Å². The van der Waals surface area contributed by atoms with Crippen molar-refractivity contribution in [2.75, 3.05) is 39.3 Å². The number of carboxylic acid groups (broad SMARTS) is 1. The van der Waals surface area contributed by atoms with Crippen molar-refractivity contribution in [1.82, 2.24) is 14.7 Å². The lowest BCUT2D eigenvalue weighted by Crippen LogP contribution is -2.49. The molecule has 1 amide bonds. The molecule has 2 rings (SSSR count). The summed E-state index contributed by atoms with van der Waals surface area (Å²) in [5.74, 6) is -1.05. The van der Waals surface area contributed by atoms with Crippen molar-refractivity contribution in [3.05, 3.63) is 35.6 Å². The second kappa shape index (κ2) is 12.0. The van der Waals surface area contributed by atoms with Gasteiger partial charge in [-0.15, -0.1) is 12.4 Å². The highest BCUT2D eigenvalue weighted by Crippen LogP contribution is 2.17. The molecule has 0 aliphatic carbocycles. The summed E-state index contributed by atoms with van der Waals surface area (Å²) in [4.78, 5) is 29.5. The van der Waals surface area contributed by atoms with Gasteiger partial charge in [-0.3, -0.25) is 19.4 Å². The summed E-state index contributed by atoms with van der Waals surface area (Å²) < 4.78 is 13.4. The van der Waals surface area contributed by atoms with Gasteiger partial charge < -0.3 is 10.0 Å². The van der Waals surface area contributed by atoms with E-state index in [1.807, 2.05) is 24.8 Å². The molecule has 0 unspecified atom stereocenters. The van der Waals surface area contributed by atoms with Gasteiger partial charge in [-0.1, -0.05) is 19.1 Å². The minimum atomic E-state index is -0.801. The first kappa shape index (κ1) is 24.3. The summed E-state index contributed by atoms with van der Waals surface area (Å²) in [5, 5.41) is 9.02. The number of carbonyl (C=O) groups excluding carboxylic acids is 1. The fourth-order valence-electron chi connectivity index (χ4n) is 3.64. The van der Waals surface area contributed by atoms with Crippen LogP contribution in [0.25, 0.3) is 0 Å². The van der Waals surface area contributed by atoms with Crippen molar-refractivity contribution in [3.8, 4) is 0 Å². The first-order chi connectivity index (χ1) is 12.9. The highest BCUT2D eigenvalue weighted by Gasteiger charge is 2.26. The lowest BCUT2D eigenvalue weighted by atomic mass is 10.0. The Labute approximate surface area is 172 Å². The van der Waals surface area contributed by atoms with Crippen LogP contribution in [-0.4, -0.2) is 77.0 Å². The molecule has 1 aromatic carbocycles. The van der Waals surface area contributed by atoms with Crippen LogP contribution in [0.3, 0.4) is 0 Å². The number of piperidine rings is 1. The van der Waals surface area contributed by atoms with Crippen LogP contribution in [0.1, 0.15) is 32.3 Å². The van der Waals surface area contributed by atoms with E-state index in [4.69, 9.17) is 5.11 Å². The first-order valence-electron chi connectivity index (χ1n) is 9.63. The van der Waals surface area contributed by atoms with Crippen LogP contribution in [0, 0.1) is 5.82 Å². The summed E-state index contributed by atoms with van der Waals surface area (Å²) in [6.07, 6.45) is 1.73. The molecule has 8 heteroatoms. The molecule has 0 aromatic heterocycles. The Morgan fingerprint density at radius 3 is 2.43 bits per heavy atom. The van der Waals surface area contributed by atoms with E-state index in [1.54, 1.807) is 11.0 Å². The lowest BCUT2D eigenvalue weighted by molar-refractivity contribution is -0.139. The fraction of sp³-hybridized carbons (Fsp3) is 0.600. The molecule has 6 nitrogen and oxygen atoms in total. The largest absolute Gasteiger partial charge is 0.480 e. The Balaban J connectivity index is 0.00000392. The monoisotopic (exact) mass is 415 g/mol. The van der Waals surface area contributed by atoms with E-state index in [2.05, 4.69) is 4.90 Å². The zero-order valence-corrected chi connectivity index (χ0v) is 17.5. The summed E-state index contributed by atoms with van der Waals surface area (Å²) in [6, 6.07) is 6.60. The van der Waals surface area contributed by atoms with Gasteiger partial charge in [0.05, 0.1) is 13.1 Å². The molecular weight excluding hydrogens is 385 g/mol. The molecule has 1 fully saturated rings. The zero-order chi connectivity index (χ0) is 19.8. The van der Waals surface area contributed by atoms with Crippen molar-refractivity contribution in [3.63, 3.8) is 0 Å². The molecule has 28 heavy (non-hydrogen) atoms. The molecule has 0 radical (unpaired) electrons. The molecule has 158 valence electrons. The third-order valence-electron chi connectivity index (χ3n) is 5.17. The van der Waals surface area contributed by atoms with Crippen molar-refractivity contribution < 1.29 is 19.1 Å². The number of hydrogen-bond donors (Lipinski definition) is 1. The Morgan fingerprint density at radius 2 is 1.89 bits per heavy atom. The Hall–Kier alpha value is -1.70. The van der Waals surface area contributed by atoms with E-state index < -0.39 is 5.97 Å². The van der Waals surface area contributed by atoms with Crippen LogP contribution in [0.5, 0.6) is 0 Å². The predicted molar refractivity (Wildman–Crippen MR) is 109 cm³/mol. The maximum atomic E-state index is 13.4. The number of benzene rings is 1. The molecule has 1 heterocycles. The molecule has 1 aliphatic rings. The molecule has 0 spiro atoms. The van der Waals surface area contributed by atoms with E-state index >= 15 is 0 Å². The third kappa shape index (κ3) is 7.37. The number of likely N-dealkylation sites (N-methyl/N-ethyl adjacent to an activating group) is 2. The highest BCUT2D eigenvalue weighted by atomic mass is 35.5. The van der Waals surface area contributed by atoms with Crippen LogP contribution >= 0.6 is 12.4 Å². The van der Waals surface area contributed by atoms with Crippen LogP contribution in [0.15, 0.2) is 24.3 Å². The number of carboxylic acids is 1. The Morgan fingerprint density at radius 1 is 1.21 bits per heavy atom. The highest BCUT2D eigenvalue weighted by molar-refractivity contribution is 5.85. The van der Waals surface area contributed by atoms with Gasteiger partial charge in [-0.25, -0.2) is 4.39 Å². The molecule has 1 N–H and O–H groups in total. The average Bonchev–Trinajstić information content (AvgIpc) is 2.64. The zero-order valence-electron chi connectivity index (χ0n) is 16.6. The molecular formula is C20H31ClFN3O3. The standard InChI is InChI=1S/C20H30FN3O3.ClH/c1-3-23(15-20(26)27)18-8-10-22(11-9-18)14-19(25)24(4-2)13-16-6-5-7-17(21)12-16;/h5-7,12,18H,3-4,8-11,13-15H2,1-2H3,(H,26,27);1H. The number of carbonyl (C=O) groups is 2. The molecule has 1 aromatic rings. The van der Waals surface area contributed by atoms with Gasteiger partial charge >= 0.3 is 5.97 Å². The summed E-state index contributed by atoms with van der Waals surface area (Å²) in [6.45, 7) is 7.58. The molecule has 0 bridgehead atoms. The normalized spacial score (nSPS) is 15.3. The Bertz CT molecular complexity index is 639. The van der Waals surface area contributed by atoms with E-state index in [0.717, 1.165) is 31.5 Å². The van der Waals surface area contributed by atoms with Gasteiger partial charge in [0.1, 0.15) is 5.82 Å². The number of hydrogen-bond acceptors (Lipinski definition) is 4. The lowest BCUT2D eigenvalue weighted by Gasteiger charge is -2.37. The van der Waals surface area contributed by atoms with Gasteiger partial charge in [0, 0.05) is 32.2 Å². The number of aliphatic carboxylic acids is 1. The number of nitrogens with zero attached hydrogens (tertiary/aromatic N) is 3. The van der Waals surface area contributed by atoms with Crippen molar-refractivity contribution in [1.29, 1.82) is 0 Å². The number of likely N-dealkylation sites (tertiary alicyclic amines) is 1. The van der Waals surface area contributed by atoms with Crippen molar-refractivity contribution in [2.45, 2.75) is 39.3 Å². The smallest absolute Gasteiger partial charge is 0.317 e. The van der Waals surface area contributed by atoms with Crippen LogP contribution < -0.4 is 0 Å². The minimum Gasteiger partial charge on any atom is -0.480 e. The number of rotatable bonds is 9. The second-order valence-electron chi connectivity index (χ2n) is 7.00. The summed E-state index contributed by atoms with van der Waals surface area (Å²) in [5.41, 5.74) is 0.788. The van der Waals surface area contributed by atoms with E-state index in [1.165, 1.54) is 12.1 Å². The van der Waals surface area contributed by atoms with E-state index in [9.17, 15) is 14.0 Å². The predicted octanol–water partition coefficient (Wildman–Crippen LogP) is 2.47. The molecule has 0 saturated carbocycles. The minimum absolute atomic E-state index is 0. The van der Waals surface area contributed by atoms with Gasteiger partial charge in [0.2, 0.25) is 5.91 Å². The molecule has 1 saturated heterocycles. The van der Waals surface area contributed by atoms with Gasteiger partial charge in [-0.2, -0.15) is 0 Å². The first-order valence-corrected chi connectivity index (χ1v) is 9.63. The second-order valence-corrected chi connectivity index (χ2v) is 7.00. The third-order valence-corrected chi connectivity index (χ3v) is 5.17. The fourth-order valence-corrected chi connectivity index (χ4v) is 3.64. The number of halogens is 2. The van der Waals surface area contributed by atoms with Crippen LogP contribution in [-0.2, 0) is 16.1 Å². The number of amides is 1. The topological polar surface area (TPSA) is 64.1 Å². The van der Waals surface area contributed by atoms with E-state index in [0.29, 0.717) is 26.2 Å². The van der Waals surface area contributed by atoms with Gasteiger partial charge in [0.25, 0.3) is 0 Å². The maximum Gasteiger partial charge on any atom is 0.317 e. The van der Waals surface area contributed by atoms with Crippen LogP contribution in [0.4, 0.5) is 4.39 Å². The molecule has 0 atom stereocenters. The van der Waals surface area contributed by atoms with Crippen molar-refractivity contribution >= 4 is 24.3 Å². The summed E-state index contributed by atoms with van der Waals surface area (Å²) >= 11 is 0. The summed E-state index contributed by atoms with van der Waals surface area (Å²) in [7, 11) is 0. The van der Waals surface area contributed by atoms with Gasteiger partial charge in [-0.05, 0) is 44.0 Å².